The Morgan fingerprint density at radius 1 is 1.75 bits per heavy atom. The molecule has 0 aliphatic carbocycles. The van der Waals surface area contributed by atoms with Gasteiger partial charge in [0.1, 0.15) is 0 Å². The number of hydrogen-bond donors (Lipinski definition) is 3. The van der Waals surface area contributed by atoms with Crippen LogP contribution >= 0.6 is 0 Å². The third-order valence-electron chi connectivity index (χ3n) is 0.594. The van der Waals surface area contributed by atoms with Gasteiger partial charge in [0.15, 0.2) is 0 Å². The van der Waals surface area contributed by atoms with Gasteiger partial charge in [-0.3, -0.25) is 5.41 Å². The lowest BCUT2D eigenvalue weighted by Crippen LogP contribution is -2.31. The van der Waals surface area contributed by atoms with Crippen molar-refractivity contribution >= 4 is 16.8 Å². The Bertz CT molecular complexity index is 155. The Morgan fingerprint density at radius 3 is 2.12 bits per heavy atom. The highest BCUT2D eigenvalue weighted by Gasteiger charge is 1.96. The van der Waals surface area contributed by atoms with Crippen LogP contribution in [0.25, 0.3) is 0 Å². The van der Waals surface area contributed by atoms with E-state index in [9.17, 15) is 8.42 Å². The SMILES string of the molecule is CN(C(=N)N)[SH](=O)=O. The Labute approximate surface area is 48.7 Å². The van der Waals surface area contributed by atoms with Crippen LogP contribution in [-0.2, 0) is 10.9 Å². The molecule has 0 heterocycles. The summed E-state index contributed by atoms with van der Waals surface area (Å²) in [6, 6.07) is 0. The van der Waals surface area contributed by atoms with E-state index in [1.54, 1.807) is 0 Å². The van der Waals surface area contributed by atoms with Gasteiger partial charge in [-0.25, -0.2) is 12.7 Å². The maximum atomic E-state index is 9.88. The second-order valence-electron chi connectivity index (χ2n) is 1.15. The molecule has 6 heteroatoms. The summed E-state index contributed by atoms with van der Waals surface area (Å²) in [5.74, 6) is -0.471. The van der Waals surface area contributed by atoms with E-state index in [0.29, 0.717) is 4.31 Å². The summed E-state index contributed by atoms with van der Waals surface area (Å²) in [5, 5.41) is 6.55. The summed E-state index contributed by atoms with van der Waals surface area (Å²) in [6.07, 6.45) is 0. The molecule has 0 bridgehead atoms. The van der Waals surface area contributed by atoms with Crippen molar-refractivity contribution < 1.29 is 8.42 Å². The fourth-order valence-electron chi connectivity index (χ4n) is 0.0880. The van der Waals surface area contributed by atoms with E-state index in [2.05, 4.69) is 0 Å². The van der Waals surface area contributed by atoms with Crippen molar-refractivity contribution in [3.05, 3.63) is 0 Å². The van der Waals surface area contributed by atoms with Gasteiger partial charge in [-0.2, -0.15) is 0 Å². The van der Waals surface area contributed by atoms with Crippen LogP contribution in [0, 0.1) is 5.41 Å². The number of nitrogens with one attached hydrogen (secondary N) is 1. The molecule has 0 rings (SSSR count). The third kappa shape index (κ3) is 1.78. The molecule has 0 aromatic carbocycles. The highest BCUT2D eigenvalue weighted by molar-refractivity contribution is 7.70. The summed E-state index contributed by atoms with van der Waals surface area (Å²) in [4.78, 5) is 0. The second kappa shape index (κ2) is 2.51. The van der Waals surface area contributed by atoms with Crippen molar-refractivity contribution in [1.29, 1.82) is 5.41 Å². The molecule has 0 spiro atoms. The van der Waals surface area contributed by atoms with Gasteiger partial charge in [0.25, 0.3) is 0 Å². The first-order valence-corrected chi connectivity index (χ1v) is 2.90. The Kier molecular flexibility index (Phi) is 2.26. The Morgan fingerprint density at radius 2 is 2.12 bits per heavy atom. The van der Waals surface area contributed by atoms with Crippen molar-refractivity contribution in [2.75, 3.05) is 7.05 Å². The highest BCUT2D eigenvalue weighted by atomic mass is 32.2. The highest BCUT2D eigenvalue weighted by Crippen LogP contribution is 1.74. The van der Waals surface area contributed by atoms with Crippen LogP contribution < -0.4 is 5.73 Å². The summed E-state index contributed by atoms with van der Waals surface area (Å²) >= 11 is 0. The number of thiol groups is 1. The topological polar surface area (TPSA) is 87.2 Å². The molecule has 0 atom stereocenters. The van der Waals surface area contributed by atoms with Crippen molar-refractivity contribution in [1.82, 2.24) is 4.31 Å². The number of nitrogens with zero attached hydrogens (tertiary/aromatic N) is 1. The molecule has 0 saturated heterocycles. The van der Waals surface area contributed by atoms with Crippen LogP contribution in [0.15, 0.2) is 0 Å². The largest absolute Gasteiger partial charge is 0.369 e. The van der Waals surface area contributed by atoms with Crippen molar-refractivity contribution in [3.8, 4) is 0 Å². The molecule has 3 N–H and O–H groups in total. The predicted octanol–water partition coefficient (Wildman–Crippen LogP) is -1.66. The lowest BCUT2D eigenvalue weighted by atomic mass is 11.0. The number of nitrogens with two attached hydrogens (primary N) is 1. The fourth-order valence-corrected chi connectivity index (χ4v) is 0.264. The Balaban J connectivity index is 4.04. The van der Waals surface area contributed by atoms with E-state index in [1.807, 2.05) is 0 Å². The van der Waals surface area contributed by atoms with E-state index in [4.69, 9.17) is 11.1 Å². The lowest BCUT2D eigenvalue weighted by molar-refractivity contribution is 0.573. The molecular formula is C2H7N3O2S. The molecular weight excluding hydrogens is 130 g/mol. The fraction of sp³-hybridized carbons (Fsp3) is 0.500. The second-order valence-corrected chi connectivity index (χ2v) is 2.22. The smallest absolute Gasteiger partial charge is 0.227 e. The van der Waals surface area contributed by atoms with Gasteiger partial charge in [-0.05, 0) is 0 Å². The minimum atomic E-state index is -2.72. The van der Waals surface area contributed by atoms with Gasteiger partial charge in [-0.1, -0.05) is 0 Å². The van der Waals surface area contributed by atoms with Gasteiger partial charge in [0.05, 0.1) is 0 Å². The summed E-state index contributed by atoms with van der Waals surface area (Å²) in [5.41, 5.74) is 4.76. The van der Waals surface area contributed by atoms with Crippen LogP contribution in [0.5, 0.6) is 0 Å². The maximum absolute atomic E-state index is 9.88. The number of hydrogen-bond acceptors (Lipinski definition) is 3. The first kappa shape index (κ1) is 7.22. The van der Waals surface area contributed by atoms with E-state index >= 15 is 0 Å². The molecule has 0 unspecified atom stereocenters. The average molecular weight is 137 g/mol. The van der Waals surface area contributed by atoms with Crippen molar-refractivity contribution in [2.24, 2.45) is 5.73 Å². The minimum absolute atomic E-state index is 0.471. The predicted molar refractivity (Wildman–Crippen MR) is 30.0 cm³/mol. The molecule has 0 aromatic rings. The van der Waals surface area contributed by atoms with Gasteiger partial charge < -0.3 is 5.73 Å². The normalized spacial score (nSPS) is 9.25. The van der Waals surface area contributed by atoms with Crippen LogP contribution in [0.4, 0.5) is 0 Å². The first-order chi connectivity index (χ1) is 3.55. The zero-order valence-corrected chi connectivity index (χ0v) is 5.18. The van der Waals surface area contributed by atoms with Crippen LogP contribution in [0.3, 0.4) is 0 Å². The summed E-state index contributed by atoms with van der Waals surface area (Å²) in [7, 11) is -1.51. The minimum Gasteiger partial charge on any atom is -0.369 e. The van der Waals surface area contributed by atoms with Gasteiger partial charge in [-0.15, -0.1) is 0 Å². The Hall–Kier alpha value is -0.780. The molecule has 5 nitrogen and oxygen atoms in total. The van der Waals surface area contributed by atoms with E-state index < -0.39 is 16.8 Å². The molecule has 0 aliphatic rings. The number of rotatable bonds is 1. The van der Waals surface area contributed by atoms with Gasteiger partial charge >= 0.3 is 0 Å². The van der Waals surface area contributed by atoms with Gasteiger partial charge in [0.2, 0.25) is 16.8 Å². The molecule has 0 saturated carbocycles. The quantitative estimate of drug-likeness (QED) is 0.229. The lowest BCUT2D eigenvalue weighted by Gasteiger charge is -2.04. The van der Waals surface area contributed by atoms with Crippen molar-refractivity contribution in [2.45, 2.75) is 0 Å². The number of guanidine groups is 1. The summed E-state index contributed by atoms with van der Waals surface area (Å²) in [6.45, 7) is 0. The van der Waals surface area contributed by atoms with E-state index in [-0.39, 0.29) is 0 Å². The summed E-state index contributed by atoms with van der Waals surface area (Å²) < 4.78 is 20.4. The van der Waals surface area contributed by atoms with E-state index in [1.165, 1.54) is 7.05 Å². The van der Waals surface area contributed by atoms with Gasteiger partial charge in [0, 0.05) is 7.05 Å². The first-order valence-electron chi connectivity index (χ1n) is 1.77. The van der Waals surface area contributed by atoms with Crippen LogP contribution in [0.1, 0.15) is 0 Å². The maximum Gasteiger partial charge on any atom is 0.227 e. The van der Waals surface area contributed by atoms with Crippen LogP contribution in [-0.4, -0.2) is 25.7 Å². The molecule has 0 aromatic heterocycles. The third-order valence-corrected chi connectivity index (χ3v) is 1.30. The standard InChI is InChI=1S/C2H7N3O2S/c1-5(2(3)4)8(6)7/h8H,1H3,(H3,3,4). The zero-order valence-electron chi connectivity index (χ0n) is 4.29. The molecule has 0 amide bonds. The molecule has 0 aliphatic heterocycles. The molecule has 8 heavy (non-hydrogen) atoms. The molecule has 0 radical (unpaired) electrons. The average Bonchev–Trinajstić information content (AvgIpc) is 1.64. The molecule has 0 fully saturated rings. The zero-order chi connectivity index (χ0) is 6.73. The molecule has 48 valence electrons. The van der Waals surface area contributed by atoms with E-state index in [0.717, 1.165) is 0 Å². The van der Waals surface area contributed by atoms with Crippen molar-refractivity contribution in [3.63, 3.8) is 0 Å². The monoisotopic (exact) mass is 137 g/mol. The van der Waals surface area contributed by atoms with Crippen LogP contribution in [0.2, 0.25) is 0 Å².